The van der Waals surface area contributed by atoms with Gasteiger partial charge >= 0.3 is 0 Å². The molecule has 0 unspecified atom stereocenters. The van der Waals surface area contributed by atoms with Gasteiger partial charge in [0.15, 0.2) is 11.6 Å². The average Bonchev–Trinajstić information content (AvgIpc) is 2.58. The van der Waals surface area contributed by atoms with Crippen molar-refractivity contribution >= 4 is 37.3 Å². The maximum absolute atomic E-state index is 13.2. The van der Waals surface area contributed by atoms with Crippen LogP contribution in [0.5, 0.6) is 0 Å². The van der Waals surface area contributed by atoms with Gasteiger partial charge in [-0.05, 0) is 42.8 Å². The SMILES string of the molecule is Cc1ccc(NC(=O)CCNS(=O)(=O)c2ccc(F)c(F)c2)cc1NS(C)(=O)=O. The molecular formula is C17H19F2N3O5S2. The Kier molecular flexibility index (Phi) is 6.93. The van der Waals surface area contributed by atoms with E-state index in [-0.39, 0.29) is 13.0 Å². The Morgan fingerprint density at radius 3 is 2.31 bits per heavy atom. The predicted octanol–water partition coefficient (Wildman–Crippen LogP) is 1.95. The zero-order valence-electron chi connectivity index (χ0n) is 15.5. The summed E-state index contributed by atoms with van der Waals surface area (Å²) in [5, 5.41) is 2.52. The molecule has 0 fully saturated rings. The van der Waals surface area contributed by atoms with Crippen LogP contribution in [0, 0.1) is 18.6 Å². The van der Waals surface area contributed by atoms with Crippen LogP contribution in [0.3, 0.4) is 0 Å². The number of carbonyl (C=O) groups excluding carboxylic acids is 1. The zero-order chi connectivity index (χ0) is 21.8. The number of amides is 1. The van der Waals surface area contributed by atoms with Crippen LogP contribution in [-0.4, -0.2) is 35.5 Å². The van der Waals surface area contributed by atoms with Crippen LogP contribution in [0.4, 0.5) is 20.2 Å². The summed E-state index contributed by atoms with van der Waals surface area (Å²) in [4.78, 5) is 11.6. The van der Waals surface area contributed by atoms with Gasteiger partial charge in [0.1, 0.15) is 0 Å². The first-order valence-corrected chi connectivity index (χ1v) is 11.6. The Morgan fingerprint density at radius 2 is 1.69 bits per heavy atom. The van der Waals surface area contributed by atoms with Crippen molar-refractivity contribution in [1.29, 1.82) is 0 Å². The van der Waals surface area contributed by atoms with Gasteiger partial charge in [0.05, 0.1) is 16.8 Å². The maximum atomic E-state index is 13.2. The third-order valence-corrected chi connectivity index (χ3v) is 5.71. The molecule has 0 aliphatic carbocycles. The molecule has 3 N–H and O–H groups in total. The summed E-state index contributed by atoms with van der Waals surface area (Å²) in [5.74, 6) is -3.01. The molecule has 0 bridgehead atoms. The fourth-order valence-electron chi connectivity index (χ4n) is 2.26. The first-order valence-electron chi connectivity index (χ1n) is 8.20. The lowest BCUT2D eigenvalue weighted by molar-refractivity contribution is -0.116. The van der Waals surface area contributed by atoms with Gasteiger partial charge in [-0.2, -0.15) is 0 Å². The molecule has 0 spiro atoms. The number of sulfonamides is 2. The van der Waals surface area contributed by atoms with E-state index >= 15 is 0 Å². The second kappa shape index (κ2) is 8.84. The van der Waals surface area contributed by atoms with Crippen LogP contribution in [0.15, 0.2) is 41.3 Å². The molecule has 8 nitrogen and oxygen atoms in total. The van der Waals surface area contributed by atoms with Crippen molar-refractivity contribution in [2.24, 2.45) is 0 Å². The van der Waals surface area contributed by atoms with E-state index < -0.39 is 42.5 Å². The maximum Gasteiger partial charge on any atom is 0.240 e. The van der Waals surface area contributed by atoms with Crippen molar-refractivity contribution < 1.29 is 30.4 Å². The molecular weight excluding hydrogens is 428 g/mol. The van der Waals surface area contributed by atoms with E-state index in [9.17, 15) is 30.4 Å². The summed E-state index contributed by atoms with van der Waals surface area (Å²) in [6.07, 6.45) is 0.752. The lowest BCUT2D eigenvalue weighted by Gasteiger charge is -2.11. The minimum Gasteiger partial charge on any atom is -0.326 e. The Bertz CT molecular complexity index is 1140. The number of anilines is 2. The molecule has 0 aliphatic rings. The molecule has 0 aliphatic heterocycles. The van der Waals surface area contributed by atoms with Crippen LogP contribution >= 0.6 is 0 Å². The van der Waals surface area contributed by atoms with Gasteiger partial charge in [-0.1, -0.05) is 6.07 Å². The highest BCUT2D eigenvalue weighted by atomic mass is 32.2. The zero-order valence-corrected chi connectivity index (χ0v) is 17.1. The minimum atomic E-state index is -4.11. The van der Waals surface area contributed by atoms with Gasteiger partial charge in [-0.15, -0.1) is 0 Å². The predicted molar refractivity (Wildman–Crippen MR) is 104 cm³/mol. The van der Waals surface area contributed by atoms with Gasteiger partial charge in [-0.25, -0.2) is 30.3 Å². The summed E-state index contributed by atoms with van der Waals surface area (Å²) in [6, 6.07) is 6.74. The van der Waals surface area contributed by atoms with E-state index in [1.54, 1.807) is 19.1 Å². The number of aryl methyl sites for hydroxylation is 1. The number of hydrogen-bond acceptors (Lipinski definition) is 5. The second-order valence-corrected chi connectivity index (χ2v) is 9.69. The van der Waals surface area contributed by atoms with Crippen molar-refractivity contribution in [2.75, 3.05) is 22.8 Å². The minimum absolute atomic E-state index is 0.244. The topological polar surface area (TPSA) is 121 Å². The summed E-state index contributed by atoms with van der Waals surface area (Å²) < 4.78 is 77.4. The molecule has 12 heteroatoms. The molecule has 2 aromatic rings. The first kappa shape index (κ1) is 22.7. The number of halogens is 2. The van der Waals surface area contributed by atoms with Crippen molar-refractivity contribution in [2.45, 2.75) is 18.2 Å². The number of rotatable bonds is 8. The van der Waals surface area contributed by atoms with Crippen LogP contribution < -0.4 is 14.8 Å². The number of carbonyl (C=O) groups is 1. The molecule has 0 heterocycles. The number of benzene rings is 2. The van der Waals surface area contributed by atoms with Gasteiger partial charge in [-0.3, -0.25) is 9.52 Å². The third kappa shape index (κ3) is 6.76. The van der Waals surface area contributed by atoms with E-state index in [0.717, 1.165) is 12.3 Å². The van der Waals surface area contributed by atoms with Crippen molar-refractivity contribution in [1.82, 2.24) is 4.72 Å². The largest absolute Gasteiger partial charge is 0.326 e. The van der Waals surface area contributed by atoms with Gasteiger partial charge in [0.2, 0.25) is 26.0 Å². The molecule has 29 heavy (non-hydrogen) atoms. The highest BCUT2D eigenvalue weighted by Gasteiger charge is 2.17. The lowest BCUT2D eigenvalue weighted by Crippen LogP contribution is -2.28. The monoisotopic (exact) mass is 447 g/mol. The first-order chi connectivity index (χ1) is 13.4. The summed E-state index contributed by atoms with van der Waals surface area (Å²) >= 11 is 0. The number of nitrogens with one attached hydrogen (secondary N) is 3. The fourth-order valence-corrected chi connectivity index (χ4v) is 3.92. The van der Waals surface area contributed by atoms with E-state index in [2.05, 4.69) is 14.8 Å². The van der Waals surface area contributed by atoms with Crippen LogP contribution in [0.25, 0.3) is 0 Å². The van der Waals surface area contributed by atoms with Crippen molar-refractivity contribution in [3.63, 3.8) is 0 Å². The molecule has 2 rings (SSSR count). The van der Waals surface area contributed by atoms with Crippen LogP contribution in [-0.2, 0) is 24.8 Å². The number of hydrogen-bond donors (Lipinski definition) is 3. The molecule has 158 valence electrons. The fraction of sp³-hybridized carbons (Fsp3) is 0.235. The summed E-state index contributed by atoms with van der Waals surface area (Å²) in [7, 11) is -7.61. The van der Waals surface area contributed by atoms with Crippen LogP contribution in [0.2, 0.25) is 0 Å². The average molecular weight is 447 g/mol. The highest BCUT2D eigenvalue weighted by Crippen LogP contribution is 2.21. The van der Waals surface area contributed by atoms with E-state index in [0.29, 0.717) is 29.1 Å². The molecule has 0 radical (unpaired) electrons. The molecule has 0 saturated carbocycles. The quantitative estimate of drug-likeness (QED) is 0.571. The van der Waals surface area contributed by atoms with Gasteiger partial charge in [0.25, 0.3) is 0 Å². The van der Waals surface area contributed by atoms with E-state index in [4.69, 9.17) is 0 Å². The van der Waals surface area contributed by atoms with E-state index in [1.807, 2.05) is 0 Å². The highest BCUT2D eigenvalue weighted by molar-refractivity contribution is 7.92. The van der Waals surface area contributed by atoms with Gasteiger partial charge in [0, 0.05) is 18.7 Å². The lowest BCUT2D eigenvalue weighted by atomic mass is 10.2. The van der Waals surface area contributed by atoms with Gasteiger partial charge < -0.3 is 5.32 Å². The Balaban J connectivity index is 1.96. The standard InChI is InChI=1S/C17H19F2N3O5S2/c1-11-3-4-12(9-16(11)22-28(2,24)25)21-17(23)7-8-20-29(26,27)13-5-6-14(18)15(19)10-13/h3-6,9-10,20,22H,7-8H2,1-2H3,(H,21,23). The summed E-state index contributed by atoms with van der Waals surface area (Å²) in [6.45, 7) is 1.40. The second-order valence-electron chi connectivity index (χ2n) is 6.18. The van der Waals surface area contributed by atoms with Crippen molar-refractivity contribution in [3.8, 4) is 0 Å². The third-order valence-electron chi connectivity index (χ3n) is 3.66. The van der Waals surface area contributed by atoms with E-state index in [1.165, 1.54) is 6.07 Å². The molecule has 0 aromatic heterocycles. The smallest absolute Gasteiger partial charge is 0.240 e. The molecule has 1 amide bonds. The molecule has 2 aromatic carbocycles. The summed E-state index contributed by atoms with van der Waals surface area (Å²) in [5.41, 5.74) is 1.26. The Labute approximate surface area is 167 Å². The Hall–Kier alpha value is -2.57. The normalized spacial score (nSPS) is 11.9. The molecule has 0 atom stereocenters. The Morgan fingerprint density at radius 1 is 1.00 bits per heavy atom. The van der Waals surface area contributed by atoms with Crippen LogP contribution in [0.1, 0.15) is 12.0 Å². The molecule has 0 saturated heterocycles. The van der Waals surface area contributed by atoms with Crippen molar-refractivity contribution in [3.05, 3.63) is 53.6 Å².